The first-order valence-corrected chi connectivity index (χ1v) is 18.6. The Labute approximate surface area is 263 Å². The summed E-state index contributed by atoms with van der Waals surface area (Å²) in [6.45, 7) is 15.7. The lowest BCUT2D eigenvalue weighted by molar-refractivity contribution is 0.0489. The number of carbonyl (C=O) groups is 1. The average molecular weight is 642 g/mol. The third-order valence-electron chi connectivity index (χ3n) is 7.80. The molecule has 1 aromatic heterocycles. The van der Waals surface area contributed by atoms with Crippen molar-refractivity contribution >= 4 is 34.8 Å². The van der Waals surface area contributed by atoms with Crippen molar-refractivity contribution in [1.82, 2.24) is 24.6 Å². The van der Waals surface area contributed by atoms with Gasteiger partial charge in [0.15, 0.2) is 0 Å². The summed E-state index contributed by atoms with van der Waals surface area (Å²) in [5, 5.41) is 13.2. The minimum Gasteiger partial charge on any atom is -0.444 e. The van der Waals surface area contributed by atoms with Crippen molar-refractivity contribution in [2.75, 3.05) is 19.7 Å². The first-order chi connectivity index (χ1) is 20.6. The quantitative estimate of drug-likeness (QED) is 0.331. The van der Waals surface area contributed by atoms with E-state index in [0.717, 1.165) is 0 Å². The van der Waals surface area contributed by atoms with Crippen LogP contribution in [0, 0.1) is 5.92 Å². The smallest absolute Gasteiger partial charge is 0.407 e. The summed E-state index contributed by atoms with van der Waals surface area (Å²) in [5.41, 5.74) is -0.592. The zero-order valence-electron chi connectivity index (χ0n) is 27.0. The number of carbonyl (C=O) groups excluding carboxylic acids is 1. The Bertz CT molecular complexity index is 1440. The molecule has 0 spiro atoms. The van der Waals surface area contributed by atoms with Gasteiger partial charge in [0.1, 0.15) is 5.60 Å². The SMILES string of the molecule is CC(CO[Si](c1ccccc1)(c1ccccc1)C(C)(C)C)Cn1cc(S(=O)(=O)N2CCC(NC(=O)OC(C)(C)C)CC2)nn1. The van der Waals surface area contributed by atoms with Gasteiger partial charge in [0.2, 0.25) is 5.03 Å². The number of benzene rings is 2. The molecule has 0 radical (unpaired) electrons. The van der Waals surface area contributed by atoms with E-state index in [4.69, 9.17) is 9.16 Å². The molecule has 12 heteroatoms. The summed E-state index contributed by atoms with van der Waals surface area (Å²) < 4.78 is 42.1. The van der Waals surface area contributed by atoms with E-state index in [1.807, 2.05) is 12.1 Å². The summed E-state index contributed by atoms with van der Waals surface area (Å²) >= 11 is 0. The lowest BCUT2D eigenvalue weighted by Gasteiger charge is -2.43. The molecule has 44 heavy (non-hydrogen) atoms. The zero-order valence-corrected chi connectivity index (χ0v) is 28.8. The Morgan fingerprint density at radius 3 is 2.02 bits per heavy atom. The second kappa shape index (κ2) is 13.5. The molecular formula is C32H47N5O5SSi. The molecule has 0 bridgehead atoms. The van der Waals surface area contributed by atoms with E-state index in [0.29, 0.717) is 26.0 Å². The second-order valence-corrected chi connectivity index (χ2v) is 19.9. The number of ether oxygens (including phenoxy) is 1. The lowest BCUT2D eigenvalue weighted by Crippen LogP contribution is -2.66. The van der Waals surface area contributed by atoms with Crippen molar-refractivity contribution in [3.63, 3.8) is 0 Å². The van der Waals surface area contributed by atoms with E-state index in [9.17, 15) is 13.2 Å². The van der Waals surface area contributed by atoms with E-state index in [1.165, 1.54) is 20.9 Å². The summed E-state index contributed by atoms with van der Waals surface area (Å²) in [6, 6.07) is 20.8. The highest BCUT2D eigenvalue weighted by Crippen LogP contribution is 2.37. The minimum absolute atomic E-state index is 0.0450. The monoisotopic (exact) mass is 641 g/mol. The van der Waals surface area contributed by atoms with Crippen molar-refractivity contribution in [2.24, 2.45) is 5.92 Å². The predicted octanol–water partition coefficient (Wildman–Crippen LogP) is 4.17. The Kier molecular flexibility index (Phi) is 10.4. The van der Waals surface area contributed by atoms with Crippen LogP contribution in [-0.4, -0.2) is 73.5 Å². The molecule has 4 rings (SSSR count). The highest BCUT2D eigenvalue weighted by Gasteiger charge is 2.50. The summed E-state index contributed by atoms with van der Waals surface area (Å²) in [7, 11) is -6.50. The van der Waals surface area contributed by atoms with Crippen LogP contribution in [0.25, 0.3) is 0 Å². The lowest BCUT2D eigenvalue weighted by atomic mass is 10.1. The number of nitrogens with one attached hydrogen (secondary N) is 1. The molecule has 3 aromatic rings. The number of nitrogens with zero attached hydrogens (tertiary/aromatic N) is 4. The molecule has 1 aliphatic heterocycles. The van der Waals surface area contributed by atoms with Crippen LogP contribution < -0.4 is 15.7 Å². The van der Waals surface area contributed by atoms with Gasteiger partial charge in [-0.25, -0.2) is 13.2 Å². The molecule has 1 aliphatic rings. The number of alkyl carbamates (subject to hydrolysis) is 1. The minimum atomic E-state index is -3.81. The van der Waals surface area contributed by atoms with Gasteiger partial charge in [-0.3, -0.25) is 4.68 Å². The fourth-order valence-corrected chi connectivity index (χ4v) is 11.8. The molecular weight excluding hydrogens is 595 g/mol. The molecule has 1 N–H and O–H groups in total. The third-order valence-corrected chi connectivity index (χ3v) is 14.6. The summed E-state index contributed by atoms with van der Waals surface area (Å²) in [6.07, 6.45) is 1.99. The topological polar surface area (TPSA) is 116 Å². The predicted molar refractivity (Wildman–Crippen MR) is 174 cm³/mol. The molecule has 0 saturated carbocycles. The highest BCUT2D eigenvalue weighted by atomic mass is 32.2. The summed E-state index contributed by atoms with van der Waals surface area (Å²) in [5.74, 6) is 0.0450. The van der Waals surface area contributed by atoms with Crippen molar-refractivity contribution in [3.05, 3.63) is 66.9 Å². The van der Waals surface area contributed by atoms with Crippen LogP contribution in [0.1, 0.15) is 61.3 Å². The van der Waals surface area contributed by atoms with Crippen LogP contribution in [0.15, 0.2) is 71.9 Å². The number of hydrogen-bond donors (Lipinski definition) is 1. The first kappa shape index (κ1) is 33.8. The van der Waals surface area contributed by atoms with Gasteiger partial charge in [0, 0.05) is 32.3 Å². The fourth-order valence-electron chi connectivity index (χ4n) is 5.74. The first-order valence-electron chi connectivity index (χ1n) is 15.3. The van der Waals surface area contributed by atoms with Crippen molar-refractivity contribution < 1.29 is 22.4 Å². The maximum absolute atomic E-state index is 13.4. The molecule has 1 unspecified atom stereocenters. The molecule has 10 nitrogen and oxygen atoms in total. The van der Waals surface area contributed by atoms with E-state index in [2.05, 4.69) is 91.9 Å². The largest absolute Gasteiger partial charge is 0.444 e. The fraction of sp³-hybridized carbons (Fsp3) is 0.531. The molecule has 1 saturated heterocycles. The van der Waals surface area contributed by atoms with Gasteiger partial charge in [-0.1, -0.05) is 93.6 Å². The number of amides is 1. The van der Waals surface area contributed by atoms with Gasteiger partial charge < -0.3 is 14.5 Å². The van der Waals surface area contributed by atoms with Crippen molar-refractivity contribution in [3.8, 4) is 0 Å². The Morgan fingerprint density at radius 1 is 0.977 bits per heavy atom. The van der Waals surface area contributed by atoms with E-state index >= 15 is 0 Å². The average Bonchev–Trinajstić information content (AvgIpc) is 3.42. The maximum Gasteiger partial charge on any atom is 0.407 e. The third kappa shape index (κ3) is 7.95. The number of rotatable bonds is 10. The van der Waals surface area contributed by atoms with Crippen LogP contribution in [-0.2, 0) is 25.7 Å². The highest BCUT2D eigenvalue weighted by molar-refractivity contribution is 7.89. The Morgan fingerprint density at radius 2 is 1.52 bits per heavy atom. The molecule has 240 valence electrons. The normalized spacial score (nSPS) is 16.4. The van der Waals surface area contributed by atoms with Gasteiger partial charge in [0.25, 0.3) is 18.3 Å². The van der Waals surface area contributed by atoms with Gasteiger partial charge in [0.05, 0.1) is 6.20 Å². The molecule has 1 fully saturated rings. The van der Waals surface area contributed by atoms with Crippen molar-refractivity contribution in [2.45, 2.75) is 89.6 Å². The molecule has 1 amide bonds. The number of aromatic nitrogens is 3. The van der Waals surface area contributed by atoms with Crippen LogP contribution in [0.4, 0.5) is 4.79 Å². The number of piperidine rings is 1. The van der Waals surface area contributed by atoms with E-state index < -0.39 is 30.0 Å². The molecule has 2 aromatic carbocycles. The Hall–Kier alpha value is -3.06. The van der Waals surface area contributed by atoms with Crippen LogP contribution in [0.5, 0.6) is 0 Å². The number of hydrogen-bond acceptors (Lipinski definition) is 7. The standard InChI is InChI=1S/C32H47N5O5SSi/c1-25(24-41-44(32(5,6)7,27-14-10-8-11-15-27)28-16-12-9-13-17-28)22-36-23-29(34-35-36)43(39,40)37-20-18-26(19-21-37)33-30(38)42-31(2,3)4/h8-17,23,25-26H,18-22,24H2,1-7H3,(H,33,38). The van der Waals surface area contributed by atoms with E-state index in [1.54, 1.807) is 25.5 Å². The Balaban J connectivity index is 1.41. The maximum atomic E-state index is 13.4. The van der Waals surface area contributed by atoms with Crippen LogP contribution >= 0.6 is 0 Å². The van der Waals surface area contributed by atoms with Gasteiger partial charge in [-0.2, -0.15) is 4.31 Å². The van der Waals surface area contributed by atoms with Crippen LogP contribution in [0.2, 0.25) is 5.04 Å². The van der Waals surface area contributed by atoms with E-state index in [-0.39, 0.29) is 35.1 Å². The van der Waals surface area contributed by atoms with Gasteiger partial charge >= 0.3 is 6.09 Å². The molecule has 2 heterocycles. The van der Waals surface area contributed by atoms with Crippen molar-refractivity contribution in [1.29, 1.82) is 0 Å². The number of sulfonamides is 1. The van der Waals surface area contributed by atoms with Gasteiger partial charge in [-0.15, -0.1) is 5.10 Å². The molecule has 1 atom stereocenters. The molecule has 0 aliphatic carbocycles. The summed E-state index contributed by atoms with van der Waals surface area (Å²) in [4.78, 5) is 12.1. The van der Waals surface area contributed by atoms with Crippen LogP contribution in [0.3, 0.4) is 0 Å². The zero-order chi connectivity index (χ0) is 32.2. The van der Waals surface area contributed by atoms with Gasteiger partial charge in [-0.05, 0) is 54.9 Å². The second-order valence-electron chi connectivity index (χ2n) is 13.7.